The molecule has 2 heterocycles. The van der Waals surface area contributed by atoms with E-state index in [1.807, 2.05) is 31.5 Å². The van der Waals surface area contributed by atoms with E-state index >= 15 is 0 Å². The summed E-state index contributed by atoms with van der Waals surface area (Å²) in [5, 5.41) is 8.60. The average molecular weight is 329 g/mol. The highest BCUT2D eigenvalue weighted by Gasteiger charge is 2.13. The summed E-state index contributed by atoms with van der Waals surface area (Å²) in [5.41, 5.74) is 2.90. The van der Waals surface area contributed by atoms with Crippen LogP contribution in [0.15, 0.2) is 36.7 Å². The van der Waals surface area contributed by atoms with Gasteiger partial charge in [-0.15, -0.1) is 0 Å². The molecule has 2 aromatic heterocycles. The molecule has 0 saturated carbocycles. The molecular weight excluding hydrogens is 312 g/mol. The lowest BCUT2D eigenvalue weighted by Gasteiger charge is -2.09. The monoisotopic (exact) mass is 328 g/mol. The summed E-state index contributed by atoms with van der Waals surface area (Å²) in [6.07, 6.45) is 3.29. The SMILES string of the molecule is Cc1ccc(Cl)cc1NC(=O)c1cnc2c(cnn2C(C)C)c1. The molecule has 3 aromatic rings. The van der Waals surface area contributed by atoms with Crippen LogP contribution in [0.3, 0.4) is 0 Å². The van der Waals surface area contributed by atoms with Crippen molar-refractivity contribution in [2.75, 3.05) is 5.32 Å². The molecule has 0 aliphatic heterocycles. The number of hydrogen-bond donors (Lipinski definition) is 1. The van der Waals surface area contributed by atoms with E-state index in [-0.39, 0.29) is 11.9 Å². The third-order valence-corrected chi connectivity index (χ3v) is 3.87. The highest BCUT2D eigenvalue weighted by molar-refractivity contribution is 6.31. The van der Waals surface area contributed by atoms with E-state index in [1.54, 1.807) is 30.6 Å². The van der Waals surface area contributed by atoms with Gasteiger partial charge in [0.15, 0.2) is 5.65 Å². The van der Waals surface area contributed by atoms with Gasteiger partial charge in [-0.3, -0.25) is 4.79 Å². The molecule has 1 amide bonds. The number of halogens is 1. The van der Waals surface area contributed by atoms with E-state index in [0.717, 1.165) is 16.6 Å². The van der Waals surface area contributed by atoms with E-state index in [1.165, 1.54) is 0 Å². The van der Waals surface area contributed by atoms with Gasteiger partial charge < -0.3 is 5.32 Å². The molecule has 0 radical (unpaired) electrons. The van der Waals surface area contributed by atoms with Gasteiger partial charge in [0, 0.05) is 28.3 Å². The molecule has 0 unspecified atom stereocenters. The number of nitrogens with zero attached hydrogens (tertiary/aromatic N) is 3. The number of hydrogen-bond acceptors (Lipinski definition) is 3. The van der Waals surface area contributed by atoms with Crippen molar-refractivity contribution in [2.45, 2.75) is 26.8 Å². The van der Waals surface area contributed by atoms with Crippen molar-refractivity contribution in [1.29, 1.82) is 0 Å². The molecule has 0 atom stereocenters. The fourth-order valence-electron chi connectivity index (χ4n) is 2.37. The van der Waals surface area contributed by atoms with Crippen LogP contribution in [0.5, 0.6) is 0 Å². The number of aromatic nitrogens is 3. The summed E-state index contributed by atoms with van der Waals surface area (Å²) in [7, 11) is 0. The molecule has 0 fully saturated rings. The largest absolute Gasteiger partial charge is 0.322 e. The van der Waals surface area contributed by atoms with Crippen LogP contribution in [0, 0.1) is 6.92 Å². The van der Waals surface area contributed by atoms with Crippen LogP contribution in [-0.4, -0.2) is 20.7 Å². The zero-order valence-electron chi connectivity index (χ0n) is 13.2. The van der Waals surface area contributed by atoms with Gasteiger partial charge in [-0.05, 0) is 44.5 Å². The third kappa shape index (κ3) is 3.05. The van der Waals surface area contributed by atoms with E-state index in [9.17, 15) is 4.79 Å². The standard InChI is InChI=1S/C17H17ClN4O/c1-10(2)22-16-12(9-20-22)6-13(8-19-16)17(23)21-15-7-14(18)5-4-11(15)3/h4-10H,1-3H3,(H,21,23). The minimum atomic E-state index is -0.220. The molecule has 0 bridgehead atoms. The number of carbonyl (C=O) groups is 1. The number of rotatable bonds is 3. The molecule has 23 heavy (non-hydrogen) atoms. The van der Waals surface area contributed by atoms with Crippen LogP contribution < -0.4 is 5.32 Å². The quantitative estimate of drug-likeness (QED) is 0.782. The van der Waals surface area contributed by atoms with Crippen LogP contribution in [0.2, 0.25) is 5.02 Å². The molecule has 0 spiro atoms. The lowest BCUT2D eigenvalue weighted by atomic mass is 10.2. The second kappa shape index (κ2) is 6.01. The maximum absolute atomic E-state index is 12.4. The zero-order chi connectivity index (χ0) is 16.6. The maximum Gasteiger partial charge on any atom is 0.257 e. The minimum absolute atomic E-state index is 0.216. The first kappa shape index (κ1) is 15.5. The number of carbonyl (C=O) groups excluding carboxylic acids is 1. The Morgan fingerprint density at radius 1 is 1.26 bits per heavy atom. The molecule has 0 aliphatic rings. The predicted octanol–water partition coefficient (Wildman–Crippen LogP) is 4.23. The van der Waals surface area contributed by atoms with Gasteiger partial charge in [0.05, 0.1) is 11.8 Å². The van der Waals surface area contributed by atoms with Crippen LogP contribution in [0.25, 0.3) is 11.0 Å². The molecule has 3 rings (SSSR count). The second-order valence-electron chi connectivity index (χ2n) is 5.73. The normalized spacial score (nSPS) is 11.2. The third-order valence-electron chi connectivity index (χ3n) is 3.63. The fourth-order valence-corrected chi connectivity index (χ4v) is 2.54. The summed E-state index contributed by atoms with van der Waals surface area (Å²) in [6.45, 7) is 5.99. The zero-order valence-corrected chi connectivity index (χ0v) is 13.9. The molecule has 6 heteroatoms. The first-order valence-corrected chi connectivity index (χ1v) is 7.74. The lowest BCUT2D eigenvalue weighted by Crippen LogP contribution is -2.13. The lowest BCUT2D eigenvalue weighted by molar-refractivity contribution is 0.102. The van der Waals surface area contributed by atoms with Crippen molar-refractivity contribution in [3.8, 4) is 0 Å². The van der Waals surface area contributed by atoms with Gasteiger partial charge >= 0.3 is 0 Å². The van der Waals surface area contributed by atoms with Crippen molar-refractivity contribution in [2.24, 2.45) is 0 Å². The molecule has 0 saturated heterocycles. The van der Waals surface area contributed by atoms with Crippen molar-refractivity contribution in [3.63, 3.8) is 0 Å². The molecule has 0 aliphatic carbocycles. The van der Waals surface area contributed by atoms with Gasteiger partial charge in [-0.25, -0.2) is 9.67 Å². The Bertz CT molecular complexity index is 885. The average Bonchev–Trinajstić information content (AvgIpc) is 2.94. The highest BCUT2D eigenvalue weighted by atomic mass is 35.5. The van der Waals surface area contributed by atoms with Gasteiger partial charge in [0.2, 0.25) is 0 Å². The summed E-state index contributed by atoms with van der Waals surface area (Å²) in [6, 6.07) is 7.40. The van der Waals surface area contributed by atoms with E-state index in [2.05, 4.69) is 15.4 Å². The van der Waals surface area contributed by atoms with Crippen LogP contribution >= 0.6 is 11.6 Å². The van der Waals surface area contributed by atoms with Crippen molar-refractivity contribution < 1.29 is 4.79 Å². The predicted molar refractivity (Wildman–Crippen MR) is 92.1 cm³/mol. The van der Waals surface area contributed by atoms with Crippen molar-refractivity contribution in [3.05, 3.63) is 52.8 Å². The van der Waals surface area contributed by atoms with E-state index < -0.39 is 0 Å². The van der Waals surface area contributed by atoms with Gasteiger partial charge in [-0.1, -0.05) is 17.7 Å². The minimum Gasteiger partial charge on any atom is -0.322 e. The summed E-state index contributed by atoms with van der Waals surface area (Å²) >= 11 is 5.98. The van der Waals surface area contributed by atoms with Gasteiger partial charge in [0.1, 0.15) is 0 Å². The number of aryl methyl sites for hydroxylation is 1. The molecule has 5 nitrogen and oxygen atoms in total. The van der Waals surface area contributed by atoms with E-state index in [0.29, 0.717) is 16.3 Å². The van der Waals surface area contributed by atoms with Crippen LogP contribution in [0.1, 0.15) is 35.8 Å². The Morgan fingerprint density at radius 2 is 2.04 bits per heavy atom. The van der Waals surface area contributed by atoms with Crippen LogP contribution in [0.4, 0.5) is 5.69 Å². The van der Waals surface area contributed by atoms with E-state index in [4.69, 9.17) is 11.6 Å². The Labute approximate surface area is 139 Å². The molecule has 1 aromatic carbocycles. The number of benzene rings is 1. The fraction of sp³-hybridized carbons (Fsp3) is 0.235. The number of pyridine rings is 1. The topological polar surface area (TPSA) is 59.8 Å². The Kier molecular flexibility index (Phi) is 4.05. The molecule has 118 valence electrons. The first-order valence-electron chi connectivity index (χ1n) is 7.36. The molecular formula is C17H17ClN4O. The van der Waals surface area contributed by atoms with Crippen molar-refractivity contribution >= 4 is 34.2 Å². The summed E-state index contributed by atoms with van der Waals surface area (Å²) in [4.78, 5) is 16.8. The summed E-state index contributed by atoms with van der Waals surface area (Å²) < 4.78 is 1.83. The smallest absolute Gasteiger partial charge is 0.257 e. The number of nitrogens with one attached hydrogen (secondary N) is 1. The number of anilines is 1. The second-order valence-corrected chi connectivity index (χ2v) is 6.17. The van der Waals surface area contributed by atoms with Crippen molar-refractivity contribution in [1.82, 2.24) is 14.8 Å². The van der Waals surface area contributed by atoms with Gasteiger partial charge in [-0.2, -0.15) is 5.10 Å². The maximum atomic E-state index is 12.4. The summed E-state index contributed by atoms with van der Waals surface area (Å²) in [5.74, 6) is -0.220. The number of amides is 1. The Balaban J connectivity index is 1.90. The Hall–Kier alpha value is -2.40. The first-order chi connectivity index (χ1) is 11.0. The van der Waals surface area contributed by atoms with Gasteiger partial charge in [0.25, 0.3) is 5.91 Å². The Morgan fingerprint density at radius 3 is 2.78 bits per heavy atom. The highest BCUT2D eigenvalue weighted by Crippen LogP contribution is 2.22. The molecule has 1 N–H and O–H groups in total. The van der Waals surface area contributed by atoms with Crippen LogP contribution in [-0.2, 0) is 0 Å². The number of fused-ring (bicyclic) bond motifs is 1.